The van der Waals surface area contributed by atoms with Crippen molar-refractivity contribution >= 4 is 61.4 Å². The number of rotatable bonds is 5. The fourth-order valence-electron chi connectivity index (χ4n) is 6.14. The highest BCUT2D eigenvalue weighted by Crippen LogP contribution is 2.46. The maximum absolute atomic E-state index is 6.79. The van der Waals surface area contributed by atoms with Gasteiger partial charge in [-0.05, 0) is 70.1 Å². The largest absolute Gasteiger partial charge is 0.454 e. The third kappa shape index (κ3) is 4.35. The van der Waals surface area contributed by atoms with E-state index in [0.29, 0.717) is 10.6 Å². The van der Waals surface area contributed by atoms with Crippen LogP contribution in [-0.2, 0) is 0 Å². The summed E-state index contributed by atoms with van der Waals surface area (Å²) >= 11 is 6.79. The smallest absolute Gasteiger partial charge is 0.156 e. The topological polar surface area (TPSA) is 16.4 Å². The van der Waals surface area contributed by atoms with Crippen LogP contribution in [0, 0.1) is 0 Å². The Hall–Kier alpha value is -5.31. The molecule has 2 nitrogen and oxygen atoms in total. The second kappa shape index (κ2) is 10.5. The Morgan fingerprint density at radius 2 is 1.05 bits per heavy atom. The SMILES string of the molecule is Clc1ccc(N(c2ccccc2)c2ccc(-c3ccccc3-c3ccccc3)cc2)c2c1oc1c3ccccc3ccc12. The molecular formula is C40H26ClNO. The summed E-state index contributed by atoms with van der Waals surface area (Å²) in [6.07, 6.45) is 0. The molecule has 43 heavy (non-hydrogen) atoms. The molecule has 0 amide bonds. The number of para-hydroxylation sites is 1. The van der Waals surface area contributed by atoms with Crippen LogP contribution in [-0.4, -0.2) is 0 Å². The average Bonchev–Trinajstić information content (AvgIpc) is 3.49. The Morgan fingerprint density at radius 1 is 0.442 bits per heavy atom. The first-order valence-electron chi connectivity index (χ1n) is 14.4. The minimum Gasteiger partial charge on any atom is -0.454 e. The van der Waals surface area contributed by atoms with E-state index in [-0.39, 0.29) is 0 Å². The summed E-state index contributed by atoms with van der Waals surface area (Å²) in [4.78, 5) is 2.29. The van der Waals surface area contributed by atoms with E-state index in [9.17, 15) is 0 Å². The normalized spacial score (nSPS) is 11.4. The standard InChI is InChI=1S/C40H26ClNO/c41-36-25-26-37(38-35-24-21-28-13-7-8-18-34(28)39(35)43-40(36)38)42(30-14-5-2-6-15-30)31-22-19-29(20-23-31)33-17-10-9-16-32(33)27-11-3-1-4-12-27/h1-26H. The molecule has 7 aromatic carbocycles. The summed E-state index contributed by atoms with van der Waals surface area (Å²) in [5.41, 5.74) is 9.44. The molecular weight excluding hydrogens is 546 g/mol. The van der Waals surface area contributed by atoms with Gasteiger partial charge in [0.15, 0.2) is 5.58 Å². The maximum Gasteiger partial charge on any atom is 0.156 e. The minimum atomic E-state index is 0.597. The van der Waals surface area contributed by atoms with Crippen molar-refractivity contribution in [1.29, 1.82) is 0 Å². The molecule has 0 spiro atoms. The van der Waals surface area contributed by atoms with Crippen LogP contribution in [0.15, 0.2) is 162 Å². The Labute approximate surface area is 255 Å². The van der Waals surface area contributed by atoms with Gasteiger partial charge in [-0.1, -0.05) is 127 Å². The molecule has 0 aliphatic heterocycles. The third-order valence-corrected chi connectivity index (χ3v) is 8.44. The summed E-state index contributed by atoms with van der Waals surface area (Å²) in [5.74, 6) is 0. The van der Waals surface area contributed by atoms with Gasteiger partial charge < -0.3 is 9.32 Å². The predicted molar refractivity (Wildman–Crippen MR) is 182 cm³/mol. The van der Waals surface area contributed by atoms with E-state index in [4.69, 9.17) is 16.0 Å². The van der Waals surface area contributed by atoms with Gasteiger partial charge in [-0.3, -0.25) is 0 Å². The van der Waals surface area contributed by atoms with Gasteiger partial charge in [-0.15, -0.1) is 0 Å². The molecule has 0 fully saturated rings. The van der Waals surface area contributed by atoms with Crippen LogP contribution in [0.25, 0.3) is 55.0 Å². The van der Waals surface area contributed by atoms with E-state index < -0.39 is 0 Å². The second-order valence-electron chi connectivity index (χ2n) is 10.7. The van der Waals surface area contributed by atoms with Crippen molar-refractivity contribution in [3.05, 3.63) is 163 Å². The highest BCUT2D eigenvalue weighted by molar-refractivity contribution is 6.37. The molecule has 0 aliphatic rings. The first-order chi connectivity index (χ1) is 21.3. The average molecular weight is 572 g/mol. The van der Waals surface area contributed by atoms with Crippen molar-refractivity contribution in [2.24, 2.45) is 0 Å². The monoisotopic (exact) mass is 571 g/mol. The molecule has 0 saturated heterocycles. The van der Waals surface area contributed by atoms with Crippen molar-refractivity contribution in [2.75, 3.05) is 4.90 Å². The van der Waals surface area contributed by atoms with E-state index in [2.05, 4.69) is 138 Å². The molecule has 8 rings (SSSR count). The van der Waals surface area contributed by atoms with Gasteiger partial charge in [0.1, 0.15) is 5.58 Å². The number of furan rings is 1. The van der Waals surface area contributed by atoms with Gasteiger partial charge in [0.25, 0.3) is 0 Å². The van der Waals surface area contributed by atoms with Gasteiger partial charge in [0, 0.05) is 22.1 Å². The van der Waals surface area contributed by atoms with Crippen LogP contribution in [0.5, 0.6) is 0 Å². The Bertz CT molecular complexity index is 2240. The second-order valence-corrected chi connectivity index (χ2v) is 11.1. The molecule has 1 heterocycles. The molecule has 0 aliphatic carbocycles. The van der Waals surface area contributed by atoms with Crippen LogP contribution in [0.2, 0.25) is 5.02 Å². The van der Waals surface area contributed by atoms with Crippen LogP contribution < -0.4 is 4.90 Å². The Morgan fingerprint density at radius 3 is 1.79 bits per heavy atom. The highest BCUT2D eigenvalue weighted by atomic mass is 35.5. The molecule has 3 heteroatoms. The lowest BCUT2D eigenvalue weighted by molar-refractivity contribution is 0.673. The van der Waals surface area contributed by atoms with Crippen LogP contribution in [0.1, 0.15) is 0 Å². The molecule has 0 unspecified atom stereocenters. The lowest BCUT2D eigenvalue weighted by Gasteiger charge is -2.26. The number of nitrogens with zero attached hydrogens (tertiary/aromatic N) is 1. The molecule has 8 aromatic rings. The summed E-state index contributed by atoms with van der Waals surface area (Å²) in [6, 6.07) is 55.0. The minimum absolute atomic E-state index is 0.597. The van der Waals surface area contributed by atoms with E-state index >= 15 is 0 Å². The molecule has 0 radical (unpaired) electrons. The number of hydrogen-bond donors (Lipinski definition) is 0. The van der Waals surface area contributed by atoms with Crippen LogP contribution >= 0.6 is 11.6 Å². The summed E-state index contributed by atoms with van der Waals surface area (Å²) in [6.45, 7) is 0. The van der Waals surface area contributed by atoms with E-state index in [1.54, 1.807) is 0 Å². The molecule has 0 atom stereocenters. The maximum atomic E-state index is 6.79. The Kier molecular flexibility index (Phi) is 6.21. The lowest BCUT2D eigenvalue weighted by atomic mass is 9.94. The zero-order chi connectivity index (χ0) is 28.8. The molecule has 0 bridgehead atoms. The van der Waals surface area contributed by atoms with Crippen molar-refractivity contribution < 1.29 is 4.42 Å². The molecule has 0 saturated carbocycles. The molecule has 204 valence electrons. The predicted octanol–water partition coefficient (Wildman–Crippen LogP) is 12.2. The fourth-order valence-corrected chi connectivity index (χ4v) is 6.34. The number of hydrogen-bond acceptors (Lipinski definition) is 2. The van der Waals surface area contributed by atoms with Gasteiger partial charge in [0.2, 0.25) is 0 Å². The Balaban J connectivity index is 1.32. The number of anilines is 3. The highest BCUT2D eigenvalue weighted by Gasteiger charge is 2.22. The fraction of sp³-hybridized carbons (Fsp3) is 0. The number of benzene rings is 7. The summed E-state index contributed by atoms with van der Waals surface area (Å²) in [5, 5.41) is 4.85. The number of halogens is 1. The third-order valence-electron chi connectivity index (χ3n) is 8.14. The lowest BCUT2D eigenvalue weighted by Crippen LogP contribution is -2.10. The first kappa shape index (κ1) is 25.4. The quantitative estimate of drug-likeness (QED) is 0.204. The van der Waals surface area contributed by atoms with Gasteiger partial charge in [-0.25, -0.2) is 0 Å². The van der Waals surface area contributed by atoms with Crippen LogP contribution in [0.3, 0.4) is 0 Å². The summed E-state index contributed by atoms with van der Waals surface area (Å²) < 4.78 is 6.53. The summed E-state index contributed by atoms with van der Waals surface area (Å²) in [7, 11) is 0. The van der Waals surface area contributed by atoms with Crippen molar-refractivity contribution in [2.45, 2.75) is 0 Å². The first-order valence-corrected chi connectivity index (χ1v) is 14.8. The van der Waals surface area contributed by atoms with Crippen LogP contribution in [0.4, 0.5) is 17.1 Å². The van der Waals surface area contributed by atoms with Crippen molar-refractivity contribution in [1.82, 2.24) is 0 Å². The zero-order valence-electron chi connectivity index (χ0n) is 23.2. The van der Waals surface area contributed by atoms with E-state index in [1.807, 2.05) is 24.3 Å². The van der Waals surface area contributed by atoms with Crippen molar-refractivity contribution in [3.8, 4) is 22.3 Å². The van der Waals surface area contributed by atoms with Gasteiger partial charge >= 0.3 is 0 Å². The molecule has 0 N–H and O–H groups in total. The van der Waals surface area contributed by atoms with E-state index in [1.165, 1.54) is 16.7 Å². The molecule has 1 aromatic heterocycles. The van der Waals surface area contributed by atoms with Crippen molar-refractivity contribution in [3.63, 3.8) is 0 Å². The number of fused-ring (bicyclic) bond motifs is 5. The zero-order valence-corrected chi connectivity index (χ0v) is 24.0. The van der Waals surface area contributed by atoms with Gasteiger partial charge in [0.05, 0.1) is 16.1 Å². The van der Waals surface area contributed by atoms with Gasteiger partial charge in [-0.2, -0.15) is 0 Å². The van der Waals surface area contributed by atoms with E-state index in [0.717, 1.165) is 49.8 Å².